The van der Waals surface area contributed by atoms with E-state index in [4.69, 9.17) is 56.8 Å². The van der Waals surface area contributed by atoms with Crippen molar-refractivity contribution in [3.05, 3.63) is 115 Å². The highest BCUT2D eigenvalue weighted by molar-refractivity contribution is 7.22. The minimum absolute atomic E-state index is 0.0505. The van der Waals surface area contributed by atoms with Crippen LogP contribution < -0.4 is 28.4 Å². The number of rotatable bonds is 27. The predicted octanol–water partition coefficient (Wildman–Crippen LogP) is 10.3. The molecule has 0 atom stereocenters. The normalized spacial score (nSPS) is 17.0. The van der Waals surface area contributed by atoms with Gasteiger partial charge in [-0.1, -0.05) is 19.2 Å². The van der Waals surface area contributed by atoms with Gasteiger partial charge in [0.15, 0.2) is 28.1 Å². The quantitative estimate of drug-likeness (QED) is 0.0202. The number of carbonyl (C=O) groups excluding carboxylic acids is 6. The van der Waals surface area contributed by atoms with Crippen LogP contribution in [0.1, 0.15) is 62.5 Å². The summed E-state index contributed by atoms with van der Waals surface area (Å²) in [6.45, 7) is 12.4. The molecule has 2 aromatic heterocycles. The van der Waals surface area contributed by atoms with Crippen LogP contribution in [-0.2, 0) is 47.7 Å². The lowest BCUT2D eigenvalue weighted by atomic mass is 9.80. The maximum Gasteiger partial charge on any atom is 0.330 e. The van der Waals surface area contributed by atoms with Crippen molar-refractivity contribution in [2.24, 2.45) is 23.7 Å². The van der Waals surface area contributed by atoms with E-state index in [1.165, 1.54) is 11.3 Å². The minimum atomic E-state index is -0.512. The van der Waals surface area contributed by atoms with E-state index in [9.17, 15) is 28.8 Å². The number of Topliss-reactive ketones (excluding diaryl/α,β-unsaturated/α-hetero) is 1. The molecule has 0 bridgehead atoms. The van der Waals surface area contributed by atoms with Crippen molar-refractivity contribution in [1.82, 2.24) is 4.98 Å². The van der Waals surface area contributed by atoms with Crippen LogP contribution in [0.3, 0.4) is 0 Å². The first-order chi connectivity index (χ1) is 38.3. The molecule has 6 aromatic rings. The molecular formula is C60H63NO17S. The van der Waals surface area contributed by atoms with E-state index >= 15 is 0 Å². The van der Waals surface area contributed by atoms with E-state index in [0.29, 0.717) is 114 Å². The lowest BCUT2D eigenvalue weighted by Gasteiger charge is -2.26. The number of nitrogens with zero attached hydrogens (tertiary/aromatic N) is 1. The Bertz CT molecular complexity index is 3110. The molecule has 2 aliphatic carbocycles. The number of benzene rings is 4. The number of hydrogen-bond donors (Lipinski definition) is 0. The lowest BCUT2D eigenvalue weighted by Crippen LogP contribution is -2.30. The van der Waals surface area contributed by atoms with Crippen LogP contribution in [-0.4, -0.2) is 100 Å². The van der Waals surface area contributed by atoms with Gasteiger partial charge >= 0.3 is 29.8 Å². The summed E-state index contributed by atoms with van der Waals surface area (Å²) < 4.78 is 62.4. The molecule has 416 valence electrons. The molecule has 0 aliphatic heterocycles. The first-order valence-electron chi connectivity index (χ1n) is 26.3. The molecule has 0 saturated heterocycles. The minimum Gasteiger partial charge on any atom is -0.491 e. The predicted molar refractivity (Wildman–Crippen MR) is 290 cm³/mol. The van der Waals surface area contributed by atoms with E-state index < -0.39 is 41.6 Å². The highest BCUT2D eigenvalue weighted by atomic mass is 32.1. The Balaban J connectivity index is 0.824. The maximum atomic E-state index is 13.9. The van der Waals surface area contributed by atoms with Crippen molar-refractivity contribution >= 4 is 68.2 Å². The van der Waals surface area contributed by atoms with Crippen LogP contribution in [0.5, 0.6) is 34.5 Å². The largest absolute Gasteiger partial charge is 0.491 e. The molecule has 0 amide bonds. The molecule has 2 saturated carbocycles. The first-order valence-corrected chi connectivity index (χ1v) is 27.1. The second kappa shape index (κ2) is 28.1. The molecule has 2 heterocycles. The molecule has 18 nitrogen and oxygen atoms in total. The zero-order valence-electron chi connectivity index (χ0n) is 44.2. The number of thiazole rings is 1. The van der Waals surface area contributed by atoms with E-state index in [1.807, 2.05) is 26.0 Å². The van der Waals surface area contributed by atoms with Crippen molar-refractivity contribution in [2.75, 3.05) is 59.5 Å². The summed E-state index contributed by atoms with van der Waals surface area (Å²) >= 11 is 1.26. The summed E-state index contributed by atoms with van der Waals surface area (Å²) in [6.07, 6.45) is 5.76. The smallest absolute Gasteiger partial charge is 0.330 e. The van der Waals surface area contributed by atoms with Crippen molar-refractivity contribution in [3.63, 3.8) is 0 Å². The Kier molecular flexibility index (Phi) is 20.4. The molecule has 79 heavy (non-hydrogen) atoms. The number of esters is 5. The van der Waals surface area contributed by atoms with Gasteiger partial charge in [-0.2, -0.15) is 0 Å². The average Bonchev–Trinajstić information content (AvgIpc) is 4.32. The maximum absolute atomic E-state index is 13.9. The fraction of sp³-hybridized carbons (Fsp3) is 0.383. The summed E-state index contributed by atoms with van der Waals surface area (Å²) in [4.78, 5) is 81.3. The van der Waals surface area contributed by atoms with E-state index in [-0.39, 0.29) is 75.4 Å². The summed E-state index contributed by atoms with van der Waals surface area (Å²) in [6, 6.07) is 22.7. The summed E-state index contributed by atoms with van der Waals surface area (Å²) in [7, 11) is 0. The van der Waals surface area contributed by atoms with Crippen molar-refractivity contribution in [1.29, 1.82) is 0 Å². The Hall–Kier alpha value is -7.87. The van der Waals surface area contributed by atoms with Crippen LogP contribution in [0.4, 0.5) is 0 Å². The van der Waals surface area contributed by atoms with Crippen molar-refractivity contribution in [3.8, 4) is 45.3 Å². The monoisotopic (exact) mass is 1100 g/mol. The Labute approximate surface area is 460 Å². The van der Waals surface area contributed by atoms with Gasteiger partial charge in [0.25, 0.3) is 0 Å². The van der Waals surface area contributed by atoms with E-state index in [2.05, 4.69) is 19.2 Å². The number of aryl methyl sites for hydroxylation is 2. The topological polar surface area (TPSA) is 221 Å². The summed E-state index contributed by atoms with van der Waals surface area (Å²) in [5.74, 6) is -0.914. The number of ketones is 1. The summed E-state index contributed by atoms with van der Waals surface area (Å²) in [5.41, 5.74) is 3.14. The van der Waals surface area contributed by atoms with Crippen LogP contribution >= 0.6 is 11.3 Å². The molecule has 0 spiro atoms. The van der Waals surface area contributed by atoms with Gasteiger partial charge in [0.2, 0.25) is 0 Å². The third-order valence-corrected chi connectivity index (χ3v) is 14.6. The van der Waals surface area contributed by atoms with Crippen molar-refractivity contribution in [2.45, 2.75) is 65.2 Å². The molecule has 2 aliphatic rings. The third kappa shape index (κ3) is 16.1. The Morgan fingerprint density at radius 2 is 1.03 bits per heavy atom. The fourth-order valence-corrected chi connectivity index (χ4v) is 10.3. The van der Waals surface area contributed by atoms with Crippen LogP contribution in [0.25, 0.3) is 32.0 Å². The van der Waals surface area contributed by atoms with Gasteiger partial charge in [0.05, 0.1) is 44.2 Å². The highest BCUT2D eigenvalue weighted by Crippen LogP contribution is 2.44. The van der Waals surface area contributed by atoms with Crippen molar-refractivity contribution < 1.29 is 80.6 Å². The van der Waals surface area contributed by atoms with Gasteiger partial charge < -0.3 is 51.8 Å². The summed E-state index contributed by atoms with van der Waals surface area (Å²) in [5, 5.41) is 1.44. The number of ether oxygens (including phenoxy) is 10. The van der Waals surface area contributed by atoms with Crippen LogP contribution in [0.15, 0.2) is 109 Å². The van der Waals surface area contributed by atoms with Gasteiger partial charge in [0, 0.05) is 23.5 Å². The van der Waals surface area contributed by atoms with Gasteiger partial charge in [0.1, 0.15) is 71.8 Å². The highest BCUT2D eigenvalue weighted by Gasteiger charge is 2.34. The standard InChI is InChI=1S/C60H63NO17S/c1-5-53(63)72-31-27-68-25-29-70-43-15-17-45(18-16-43)74-36-48(62)39-7-9-41(10-8-39)59(66)77-49-23-24-50(56-55(49)61-57(79-56)52-35-47-38(4)33-37(3)34-51(47)76-52)78-60(67)42-13-11-40(12-14-42)58(65)75-46-21-19-44(20-22-46)71-30-26-69-28-32-73-54(64)6-2/h5-6,15-24,33-35,39-42H,1-2,7-14,25-32,36H2,3-4H3. The van der Waals surface area contributed by atoms with Crippen LogP contribution in [0, 0.1) is 37.5 Å². The molecule has 19 heteroatoms. The Morgan fingerprint density at radius 3 is 1.57 bits per heavy atom. The molecule has 0 N–H and O–H groups in total. The number of furan rings is 1. The molecule has 0 unspecified atom stereocenters. The third-order valence-electron chi connectivity index (χ3n) is 13.5. The molecule has 2 fully saturated rings. The lowest BCUT2D eigenvalue weighted by molar-refractivity contribution is -0.145. The van der Waals surface area contributed by atoms with Gasteiger partial charge in [-0.25, -0.2) is 14.6 Å². The SMILES string of the molecule is C=CC(=O)OCCOCCOc1ccc(OCC(=O)C2CCC(C(=O)Oc3ccc(OC(=O)C4CCC(C(=O)Oc5ccc(OCCOCCOC(=O)C=C)cc5)CC4)c4sc(-c5cc6c(C)cc(C)cc6o5)nc34)CC2)cc1. The first kappa shape index (κ1) is 57.3. The zero-order valence-corrected chi connectivity index (χ0v) is 45.0. The van der Waals surface area contributed by atoms with Gasteiger partial charge in [-0.05, 0) is 149 Å². The van der Waals surface area contributed by atoms with Crippen LogP contribution in [0.2, 0.25) is 0 Å². The zero-order chi connectivity index (χ0) is 55.7. The average molecular weight is 1100 g/mol. The van der Waals surface area contributed by atoms with E-state index in [0.717, 1.165) is 28.7 Å². The molecular weight excluding hydrogens is 1040 g/mol. The van der Waals surface area contributed by atoms with Gasteiger partial charge in [-0.3, -0.25) is 19.2 Å². The molecule has 0 radical (unpaired) electrons. The number of aromatic nitrogens is 1. The van der Waals surface area contributed by atoms with E-state index in [1.54, 1.807) is 60.7 Å². The molecule has 8 rings (SSSR count). The number of carbonyl (C=O) groups is 6. The second-order valence-corrected chi connectivity index (χ2v) is 20.1. The Morgan fingerprint density at radius 1 is 0.557 bits per heavy atom. The molecule has 4 aromatic carbocycles. The van der Waals surface area contributed by atoms with Gasteiger partial charge in [-0.15, -0.1) is 11.3 Å². The number of hydrogen-bond acceptors (Lipinski definition) is 19. The number of fused-ring (bicyclic) bond motifs is 2. The fourth-order valence-electron chi connectivity index (χ4n) is 9.29. The second-order valence-electron chi connectivity index (χ2n) is 19.1.